The van der Waals surface area contributed by atoms with Crippen LogP contribution in [0, 0.1) is 0 Å². The molecule has 0 amide bonds. The van der Waals surface area contributed by atoms with Gasteiger partial charge in [0.05, 0.1) is 10.0 Å². The van der Waals surface area contributed by atoms with Gasteiger partial charge in [-0.3, -0.25) is 0 Å². The standard InChI is InChI=1S/C13H20Cl2N2/c14-12-6-5-11(9-13(12)15)10(3-1-7-16)4-2-8-17/h5-6,9-10H,1-4,7-8,16-17H2. The zero-order valence-electron chi connectivity index (χ0n) is 9.96. The van der Waals surface area contributed by atoms with Gasteiger partial charge in [0.1, 0.15) is 0 Å². The number of rotatable bonds is 7. The largest absolute Gasteiger partial charge is 0.330 e. The van der Waals surface area contributed by atoms with E-state index in [1.165, 1.54) is 5.56 Å². The van der Waals surface area contributed by atoms with Gasteiger partial charge in [-0.1, -0.05) is 29.3 Å². The molecule has 0 saturated heterocycles. The molecule has 0 radical (unpaired) electrons. The predicted molar refractivity (Wildman–Crippen MR) is 75.8 cm³/mol. The van der Waals surface area contributed by atoms with E-state index in [1.807, 2.05) is 18.2 Å². The Hall–Kier alpha value is -0.280. The molecule has 0 aliphatic carbocycles. The van der Waals surface area contributed by atoms with Crippen LogP contribution in [0.5, 0.6) is 0 Å². The average Bonchev–Trinajstić information content (AvgIpc) is 2.33. The highest BCUT2D eigenvalue weighted by molar-refractivity contribution is 6.42. The van der Waals surface area contributed by atoms with Gasteiger partial charge in [-0.15, -0.1) is 0 Å². The second-order valence-electron chi connectivity index (χ2n) is 4.23. The fraction of sp³-hybridized carbons (Fsp3) is 0.538. The van der Waals surface area contributed by atoms with Crippen molar-refractivity contribution < 1.29 is 0 Å². The Bertz CT molecular complexity index is 334. The van der Waals surface area contributed by atoms with Crippen LogP contribution in [0.2, 0.25) is 10.0 Å². The molecule has 2 nitrogen and oxygen atoms in total. The Morgan fingerprint density at radius 1 is 0.941 bits per heavy atom. The first-order valence-corrected chi connectivity index (χ1v) is 6.79. The highest BCUT2D eigenvalue weighted by atomic mass is 35.5. The molecule has 0 heterocycles. The molecule has 0 spiro atoms. The van der Waals surface area contributed by atoms with E-state index < -0.39 is 0 Å². The summed E-state index contributed by atoms with van der Waals surface area (Å²) in [5.41, 5.74) is 12.4. The number of hydrogen-bond donors (Lipinski definition) is 2. The monoisotopic (exact) mass is 274 g/mol. The van der Waals surface area contributed by atoms with Crippen molar-refractivity contribution in [3.63, 3.8) is 0 Å². The number of hydrogen-bond acceptors (Lipinski definition) is 2. The maximum Gasteiger partial charge on any atom is 0.0595 e. The first-order valence-electron chi connectivity index (χ1n) is 6.04. The van der Waals surface area contributed by atoms with E-state index in [0.717, 1.165) is 38.8 Å². The Balaban J connectivity index is 2.75. The summed E-state index contributed by atoms with van der Waals surface area (Å²) in [5, 5.41) is 1.22. The number of halogens is 2. The summed E-state index contributed by atoms with van der Waals surface area (Å²) in [6, 6.07) is 5.87. The van der Waals surface area contributed by atoms with Gasteiger partial charge in [-0.05, 0) is 62.4 Å². The lowest BCUT2D eigenvalue weighted by Gasteiger charge is -2.17. The van der Waals surface area contributed by atoms with Gasteiger partial charge in [0.25, 0.3) is 0 Å². The lowest BCUT2D eigenvalue weighted by atomic mass is 9.90. The Labute approximate surface area is 113 Å². The summed E-state index contributed by atoms with van der Waals surface area (Å²) in [5.74, 6) is 0.483. The first-order chi connectivity index (χ1) is 8.19. The highest BCUT2D eigenvalue weighted by Gasteiger charge is 2.12. The fourth-order valence-electron chi connectivity index (χ4n) is 1.97. The molecule has 0 aliphatic rings. The molecular formula is C13H20Cl2N2. The first kappa shape index (κ1) is 14.8. The van der Waals surface area contributed by atoms with Gasteiger partial charge in [-0.2, -0.15) is 0 Å². The van der Waals surface area contributed by atoms with Crippen molar-refractivity contribution in [1.82, 2.24) is 0 Å². The van der Waals surface area contributed by atoms with E-state index in [2.05, 4.69) is 0 Å². The van der Waals surface area contributed by atoms with Crippen LogP contribution in [0.4, 0.5) is 0 Å². The number of nitrogens with two attached hydrogens (primary N) is 2. The maximum absolute atomic E-state index is 6.04. The summed E-state index contributed by atoms with van der Waals surface area (Å²) in [6.07, 6.45) is 4.20. The molecule has 0 atom stereocenters. The summed E-state index contributed by atoms with van der Waals surface area (Å²) < 4.78 is 0. The van der Waals surface area contributed by atoms with E-state index in [4.69, 9.17) is 34.7 Å². The number of benzene rings is 1. The van der Waals surface area contributed by atoms with Gasteiger partial charge >= 0.3 is 0 Å². The van der Waals surface area contributed by atoms with E-state index in [9.17, 15) is 0 Å². The summed E-state index contributed by atoms with van der Waals surface area (Å²) in [4.78, 5) is 0. The molecule has 0 fully saturated rings. The van der Waals surface area contributed by atoms with Gasteiger partial charge < -0.3 is 11.5 Å². The van der Waals surface area contributed by atoms with Crippen molar-refractivity contribution in [3.8, 4) is 0 Å². The topological polar surface area (TPSA) is 52.0 Å². The van der Waals surface area contributed by atoms with Gasteiger partial charge in [0.15, 0.2) is 0 Å². The van der Waals surface area contributed by atoms with E-state index in [-0.39, 0.29) is 0 Å². The highest BCUT2D eigenvalue weighted by Crippen LogP contribution is 2.31. The normalized spacial score (nSPS) is 11.1. The molecule has 96 valence electrons. The molecule has 0 aliphatic heterocycles. The van der Waals surface area contributed by atoms with Crippen LogP contribution in [-0.4, -0.2) is 13.1 Å². The van der Waals surface area contributed by atoms with Crippen LogP contribution < -0.4 is 11.5 Å². The van der Waals surface area contributed by atoms with Crippen LogP contribution in [0.3, 0.4) is 0 Å². The zero-order chi connectivity index (χ0) is 12.7. The minimum absolute atomic E-state index is 0.483. The Morgan fingerprint density at radius 3 is 2.00 bits per heavy atom. The van der Waals surface area contributed by atoms with Crippen molar-refractivity contribution in [2.75, 3.05) is 13.1 Å². The summed E-state index contributed by atoms with van der Waals surface area (Å²) >= 11 is 12.0. The molecule has 17 heavy (non-hydrogen) atoms. The van der Waals surface area contributed by atoms with Crippen LogP contribution >= 0.6 is 23.2 Å². The molecule has 1 rings (SSSR count). The van der Waals surface area contributed by atoms with E-state index in [0.29, 0.717) is 16.0 Å². The van der Waals surface area contributed by atoms with Crippen molar-refractivity contribution in [2.45, 2.75) is 31.6 Å². The lowest BCUT2D eigenvalue weighted by Crippen LogP contribution is -2.07. The molecular weight excluding hydrogens is 255 g/mol. The fourth-order valence-corrected chi connectivity index (χ4v) is 2.28. The SMILES string of the molecule is NCCCC(CCCN)c1ccc(Cl)c(Cl)c1. The van der Waals surface area contributed by atoms with Crippen LogP contribution in [0.1, 0.15) is 37.2 Å². The van der Waals surface area contributed by atoms with Crippen LogP contribution in [0.25, 0.3) is 0 Å². The second kappa shape index (κ2) is 7.93. The quantitative estimate of drug-likeness (QED) is 0.799. The van der Waals surface area contributed by atoms with Crippen molar-refractivity contribution >= 4 is 23.2 Å². The molecule has 0 bridgehead atoms. The van der Waals surface area contributed by atoms with Crippen molar-refractivity contribution in [2.24, 2.45) is 11.5 Å². The van der Waals surface area contributed by atoms with Crippen molar-refractivity contribution in [3.05, 3.63) is 33.8 Å². The van der Waals surface area contributed by atoms with E-state index >= 15 is 0 Å². The molecule has 0 unspecified atom stereocenters. The second-order valence-corrected chi connectivity index (χ2v) is 5.05. The third-order valence-electron chi connectivity index (χ3n) is 2.93. The molecule has 1 aromatic carbocycles. The van der Waals surface area contributed by atoms with Crippen molar-refractivity contribution in [1.29, 1.82) is 0 Å². The van der Waals surface area contributed by atoms with Gasteiger partial charge in [-0.25, -0.2) is 0 Å². The molecule has 0 aromatic heterocycles. The summed E-state index contributed by atoms with van der Waals surface area (Å²) in [6.45, 7) is 1.45. The molecule has 1 aromatic rings. The minimum Gasteiger partial charge on any atom is -0.330 e. The predicted octanol–water partition coefficient (Wildman–Crippen LogP) is 3.55. The minimum atomic E-state index is 0.483. The third-order valence-corrected chi connectivity index (χ3v) is 3.67. The third kappa shape index (κ3) is 4.84. The summed E-state index contributed by atoms with van der Waals surface area (Å²) in [7, 11) is 0. The lowest BCUT2D eigenvalue weighted by molar-refractivity contribution is 0.540. The Kier molecular flexibility index (Phi) is 6.90. The molecule has 4 N–H and O–H groups in total. The Morgan fingerprint density at radius 2 is 1.53 bits per heavy atom. The van der Waals surface area contributed by atoms with Crippen LogP contribution in [-0.2, 0) is 0 Å². The van der Waals surface area contributed by atoms with Gasteiger partial charge in [0.2, 0.25) is 0 Å². The maximum atomic E-state index is 6.04. The smallest absolute Gasteiger partial charge is 0.0595 e. The average molecular weight is 275 g/mol. The van der Waals surface area contributed by atoms with Crippen LogP contribution in [0.15, 0.2) is 18.2 Å². The van der Waals surface area contributed by atoms with Gasteiger partial charge in [0, 0.05) is 0 Å². The molecule has 0 saturated carbocycles. The zero-order valence-corrected chi connectivity index (χ0v) is 11.5. The van der Waals surface area contributed by atoms with E-state index in [1.54, 1.807) is 0 Å². The molecule has 4 heteroatoms.